The summed E-state index contributed by atoms with van der Waals surface area (Å²) >= 11 is 5.66. The monoisotopic (exact) mass is 240 g/mol. The fourth-order valence-electron chi connectivity index (χ4n) is 1.08. The minimum atomic E-state index is -4.50. The molecule has 6 heteroatoms. The summed E-state index contributed by atoms with van der Waals surface area (Å²) in [5.41, 5.74) is -0.911. The second-order valence-electron chi connectivity index (χ2n) is 2.68. The van der Waals surface area contributed by atoms with Crippen molar-refractivity contribution in [2.24, 2.45) is 0 Å². The molecule has 0 bridgehead atoms. The summed E-state index contributed by atoms with van der Waals surface area (Å²) in [5.74, 6) is -0.363. The average Bonchev–Trinajstić information content (AvgIpc) is 2.15. The first-order valence-electron chi connectivity index (χ1n) is 3.89. The summed E-state index contributed by atoms with van der Waals surface area (Å²) in [6.45, 7) is 0. The summed E-state index contributed by atoms with van der Waals surface area (Å²) in [6, 6.07) is 1.88. The SMILES string of the molecule is COc1cc(C(F)(F)F)c(OC)cc1Cl. The number of halogens is 4. The number of methoxy groups -OCH3 is 2. The van der Waals surface area contributed by atoms with Crippen LogP contribution >= 0.6 is 11.6 Å². The van der Waals surface area contributed by atoms with Gasteiger partial charge in [0.25, 0.3) is 0 Å². The molecule has 0 heterocycles. The molecular formula is C9H8ClF3O2. The van der Waals surface area contributed by atoms with Crippen LogP contribution < -0.4 is 9.47 Å². The van der Waals surface area contributed by atoms with E-state index in [1.165, 1.54) is 7.11 Å². The van der Waals surface area contributed by atoms with Crippen molar-refractivity contribution in [3.05, 3.63) is 22.7 Å². The van der Waals surface area contributed by atoms with Crippen LogP contribution in [-0.2, 0) is 6.18 Å². The van der Waals surface area contributed by atoms with Crippen molar-refractivity contribution in [1.82, 2.24) is 0 Å². The lowest BCUT2D eigenvalue weighted by Crippen LogP contribution is -2.08. The largest absolute Gasteiger partial charge is 0.496 e. The van der Waals surface area contributed by atoms with Crippen LogP contribution in [0.1, 0.15) is 5.56 Å². The van der Waals surface area contributed by atoms with E-state index in [-0.39, 0.29) is 16.5 Å². The van der Waals surface area contributed by atoms with E-state index in [2.05, 4.69) is 4.74 Å². The molecule has 0 aliphatic rings. The maximum absolute atomic E-state index is 12.5. The lowest BCUT2D eigenvalue weighted by atomic mass is 10.2. The molecule has 0 aliphatic carbocycles. The lowest BCUT2D eigenvalue weighted by Gasteiger charge is -2.14. The Morgan fingerprint density at radius 2 is 1.60 bits per heavy atom. The molecule has 0 saturated heterocycles. The highest BCUT2D eigenvalue weighted by Gasteiger charge is 2.35. The molecule has 0 aliphatic heterocycles. The second-order valence-corrected chi connectivity index (χ2v) is 3.09. The Bertz CT molecular complexity index is 363. The van der Waals surface area contributed by atoms with E-state index in [1.54, 1.807) is 0 Å². The van der Waals surface area contributed by atoms with Gasteiger partial charge in [-0.3, -0.25) is 0 Å². The highest BCUT2D eigenvalue weighted by atomic mass is 35.5. The lowest BCUT2D eigenvalue weighted by molar-refractivity contribution is -0.138. The topological polar surface area (TPSA) is 18.5 Å². The highest BCUT2D eigenvalue weighted by molar-refractivity contribution is 6.32. The quantitative estimate of drug-likeness (QED) is 0.789. The van der Waals surface area contributed by atoms with Crippen molar-refractivity contribution < 1.29 is 22.6 Å². The van der Waals surface area contributed by atoms with Crippen LogP contribution in [0.15, 0.2) is 12.1 Å². The minimum absolute atomic E-state index is 0.0372. The number of hydrogen-bond donors (Lipinski definition) is 0. The van der Waals surface area contributed by atoms with E-state index in [1.807, 2.05) is 0 Å². The summed E-state index contributed by atoms with van der Waals surface area (Å²) in [5, 5.41) is 0.0716. The zero-order valence-electron chi connectivity index (χ0n) is 7.98. The van der Waals surface area contributed by atoms with Gasteiger partial charge in [0.2, 0.25) is 0 Å². The molecule has 0 N–H and O–H groups in total. The van der Waals surface area contributed by atoms with E-state index in [4.69, 9.17) is 16.3 Å². The van der Waals surface area contributed by atoms with Crippen LogP contribution in [0.4, 0.5) is 13.2 Å². The van der Waals surface area contributed by atoms with E-state index in [0.717, 1.165) is 19.2 Å². The molecule has 0 unspecified atom stereocenters. The number of rotatable bonds is 2. The van der Waals surface area contributed by atoms with Gasteiger partial charge < -0.3 is 9.47 Å². The molecule has 0 radical (unpaired) electrons. The minimum Gasteiger partial charge on any atom is -0.496 e. The molecule has 0 atom stereocenters. The van der Waals surface area contributed by atoms with Crippen LogP contribution in [0, 0.1) is 0 Å². The van der Waals surface area contributed by atoms with Gasteiger partial charge >= 0.3 is 6.18 Å². The Hall–Kier alpha value is -1.10. The van der Waals surface area contributed by atoms with Crippen molar-refractivity contribution in [3.63, 3.8) is 0 Å². The molecule has 84 valence electrons. The predicted molar refractivity (Wildman–Crippen MR) is 49.6 cm³/mol. The van der Waals surface area contributed by atoms with Crippen LogP contribution in [0.25, 0.3) is 0 Å². The van der Waals surface area contributed by atoms with Gasteiger partial charge in [-0.05, 0) is 6.07 Å². The Kier molecular flexibility index (Phi) is 3.34. The molecule has 0 aromatic heterocycles. The van der Waals surface area contributed by atoms with Gasteiger partial charge in [-0.25, -0.2) is 0 Å². The maximum Gasteiger partial charge on any atom is 0.420 e. The zero-order chi connectivity index (χ0) is 11.6. The Balaban J connectivity index is 3.36. The molecule has 0 amide bonds. The third-order valence-corrected chi connectivity index (χ3v) is 2.07. The predicted octanol–water partition coefficient (Wildman–Crippen LogP) is 3.38. The van der Waals surface area contributed by atoms with Gasteiger partial charge in [0.05, 0.1) is 19.2 Å². The Labute approximate surface area is 89.6 Å². The molecule has 1 aromatic rings. The normalized spacial score (nSPS) is 11.3. The summed E-state index contributed by atoms with van der Waals surface area (Å²) in [4.78, 5) is 0. The average molecular weight is 241 g/mol. The Morgan fingerprint density at radius 1 is 1.07 bits per heavy atom. The van der Waals surface area contributed by atoms with E-state index in [0.29, 0.717) is 0 Å². The molecule has 15 heavy (non-hydrogen) atoms. The van der Waals surface area contributed by atoms with Gasteiger partial charge in [0.15, 0.2) is 0 Å². The van der Waals surface area contributed by atoms with Crippen molar-refractivity contribution >= 4 is 11.6 Å². The fourth-order valence-corrected chi connectivity index (χ4v) is 1.31. The summed E-state index contributed by atoms with van der Waals surface area (Å²) in [7, 11) is 2.39. The van der Waals surface area contributed by atoms with Gasteiger partial charge in [0.1, 0.15) is 17.1 Å². The zero-order valence-corrected chi connectivity index (χ0v) is 8.74. The molecule has 0 saturated carbocycles. The number of alkyl halides is 3. The van der Waals surface area contributed by atoms with Gasteiger partial charge in [-0.15, -0.1) is 0 Å². The highest BCUT2D eigenvalue weighted by Crippen LogP contribution is 2.41. The molecule has 0 fully saturated rings. The molecule has 1 aromatic carbocycles. The first-order valence-corrected chi connectivity index (χ1v) is 4.26. The molecular weight excluding hydrogens is 233 g/mol. The van der Waals surface area contributed by atoms with E-state index >= 15 is 0 Å². The van der Waals surface area contributed by atoms with E-state index < -0.39 is 11.7 Å². The van der Waals surface area contributed by atoms with Crippen molar-refractivity contribution in [1.29, 1.82) is 0 Å². The van der Waals surface area contributed by atoms with Crippen LogP contribution in [-0.4, -0.2) is 14.2 Å². The number of ether oxygens (including phenoxy) is 2. The fraction of sp³-hybridized carbons (Fsp3) is 0.333. The van der Waals surface area contributed by atoms with Gasteiger partial charge in [-0.2, -0.15) is 13.2 Å². The molecule has 2 nitrogen and oxygen atoms in total. The first-order chi connectivity index (χ1) is 6.90. The summed E-state index contributed by atoms with van der Waals surface area (Å²) in [6.07, 6.45) is -4.50. The van der Waals surface area contributed by atoms with Crippen LogP contribution in [0.2, 0.25) is 5.02 Å². The smallest absolute Gasteiger partial charge is 0.420 e. The van der Waals surface area contributed by atoms with Crippen LogP contribution in [0.5, 0.6) is 11.5 Å². The molecule has 1 rings (SSSR count). The number of benzene rings is 1. The van der Waals surface area contributed by atoms with Crippen molar-refractivity contribution in [2.45, 2.75) is 6.18 Å². The van der Waals surface area contributed by atoms with Gasteiger partial charge in [-0.1, -0.05) is 11.6 Å². The van der Waals surface area contributed by atoms with Crippen LogP contribution in [0.3, 0.4) is 0 Å². The van der Waals surface area contributed by atoms with Crippen molar-refractivity contribution in [3.8, 4) is 11.5 Å². The van der Waals surface area contributed by atoms with Gasteiger partial charge in [0, 0.05) is 6.07 Å². The third-order valence-electron chi connectivity index (χ3n) is 1.78. The standard InChI is InChI=1S/C9H8ClF3O2/c1-14-7-4-6(10)8(15-2)3-5(7)9(11,12)13/h3-4H,1-2H3. The third kappa shape index (κ3) is 2.47. The van der Waals surface area contributed by atoms with Crippen molar-refractivity contribution in [2.75, 3.05) is 14.2 Å². The Morgan fingerprint density at radius 3 is 2.00 bits per heavy atom. The summed E-state index contributed by atoms with van der Waals surface area (Å²) < 4.78 is 46.8. The molecule has 0 spiro atoms. The van der Waals surface area contributed by atoms with E-state index in [9.17, 15) is 13.2 Å². The maximum atomic E-state index is 12.5. The second kappa shape index (κ2) is 4.18. The number of hydrogen-bond acceptors (Lipinski definition) is 2. The first kappa shape index (κ1) is 12.0.